The van der Waals surface area contributed by atoms with Gasteiger partial charge in [0.1, 0.15) is 0 Å². The second-order valence-corrected chi connectivity index (χ2v) is 5.29. The molecule has 1 aliphatic heterocycles. The zero-order valence-corrected chi connectivity index (χ0v) is 6.82. The van der Waals surface area contributed by atoms with E-state index < -0.39 is 0 Å². The minimum Gasteiger partial charge on any atom is -0.120 e. The summed E-state index contributed by atoms with van der Waals surface area (Å²) in [5, 5.41) is 0. The summed E-state index contributed by atoms with van der Waals surface area (Å²) in [7, 11) is 0.321. The van der Waals surface area contributed by atoms with E-state index in [4.69, 9.17) is 6.42 Å². The number of hydrogen-bond acceptors (Lipinski definition) is 0. The smallest absolute Gasteiger partial charge is 0.0239 e. The summed E-state index contributed by atoms with van der Waals surface area (Å²) in [5.41, 5.74) is 0. The molecule has 0 N–H and O–H groups in total. The maximum atomic E-state index is 5.33. The molecule has 0 aromatic heterocycles. The summed E-state index contributed by atoms with van der Waals surface area (Å²) >= 11 is 0. The Bertz CT molecular complexity index is 123. The van der Waals surface area contributed by atoms with Crippen molar-refractivity contribution in [3.63, 3.8) is 0 Å². The van der Waals surface area contributed by atoms with Gasteiger partial charge in [0.15, 0.2) is 0 Å². The molecule has 1 heterocycles. The van der Waals surface area contributed by atoms with Crippen LogP contribution in [-0.4, -0.2) is 19.0 Å². The van der Waals surface area contributed by atoms with Gasteiger partial charge >= 0.3 is 0 Å². The zero-order valence-electron chi connectivity index (χ0n) is 5.93. The van der Waals surface area contributed by atoms with Gasteiger partial charge in [-0.3, -0.25) is 0 Å². The van der Waals surface area contributed by atoms with Gasteiger partial charge in [-0.25, -0.2) is 0 Å². The molecule has 2 unspecified atom stereocenters. The van der Waals surface area contributed by atoms with Crippen LogP contribution in [0.2, 0.25) is 0 Å². The molecule has 1 heteroatoms. The SMILES string of the molecule is C#CC1CCCP(C)C1. The molecule has 1 fully saturated rings. The van der Waals surface area contributed by atoms with Crippen LogP contribution in [0.4, 0.5) is 0 Å². The average molecular weight is 140 g/mol. The molecule has 0 aromatic rings. The molecule has 0 aliphatic carbocycles. The largest absolute Gasteiger partial charge is 0.120 e. The van der Waals surface area contributed by atoms with Crippen LogP contribution >= 0.6 is 7.92 Å². The third-order valence-electron chi connectivity index (χ3n) is 1.86. The lowest BCUT2D eigenvalue weighted by atomic mass is 10.1. The van der Waals surface area contributed by atoms with Gasteiger partial charge in [0.2, 0.25) is 0 Å². The Balaban J connectivity index is 2.34. The molecule has 50 valence electrons. The molecular formula is C8H13P. The normalized spacial score (nSPS) is 35.6. The van der Waals surface area contributed by atoms with E-state index in [1.165, 1.54) is 25.2 Å². The quantitative estimate of drug-likeness (QED) is 0.357. The van der Waals surface area contributed by atoms with Gasteiger partial charge in [0, 0.05) is 5.92 Å². The highest BCUT2D eigenvalue weighted by Crippen LogP contribution is 2.39. The predicted molar refractivity (Wildman–Crippen MR) is 44.1 cm³/mol. The molecule has 0 aromatic carbocycles. The van der Waals surface area contributed by atoms with Gasteiger partial charge in [-0.2, -0.15) is 0 Å². The molecule has 1 rings (SSSR count). The van der Waals surface area contributed by atoms with E-state index in [1.807, 2.05) is 0 Å². The topological polar surface area (TPSA) is 0 Å². The predicted octanol–water partition coefficient (Wildman–Crippen LogP) is 2.14. The Morgan fingerprint density at radius 2 is 2.44 bits per heavy atom. The lowest BCUT2D eigenvalue weighted by molar-refractivity contribution is 0.640. The first-order chi connectivity index (χ1) is 4.33. The summed E-state index contributed by atoms with van der Waals surface area (Å²) in [6.07, 6.45) is 10.8. The number of rotatable bonds is 0. The van der Waals surface area contributed by atoms with Gasteiger partial charge in [-0.1, -0.05) is 0 Å². The van der Waals surface area contributed by atoms with Crippen molar-refractivity contribution < 1.29 is 0 Å². The van der Waals surface area contributed by atoms with E-state index in [0.29, 0.717) is 13.8 Å². The van der Waals surface area contributed by atoms with E-state index in [0.717, 1.165) is 0 Å². The third kappa shape index (κ3) is 1.99. The van der Waals surface area contributed by atoms with Gasteiger partial charge in [-0.05, 0) is 31.8 Å². The first-order valence-electron chi connectivity index (χ1n) is 3.47. The van der Waals surface area contributed by atoms with Crippen LogP contribution in [0.1, 0.15) is 12.8 Å². The second kappa shape index (κ2) is 3.23. The molecule has 0 nitrogen and oxygen atoms in total. The lowest BCUT2D eigenvalue weighted by Crippen LogP contribution is -2.09. The number of hydrogen-bond donors (Lipinski definition) is 0. The van der Waals surface area contributed by atoms with Crippen LogP contribution in [0.25, 0.3) is 0 Å². The van der Waals surface area contributed by atoms with Crippen molar-refractivity contribution in [2.24, 2.45) is 5.92 Å². The second-order valence-electron chi connectivity index (χ2n) is 2.77. The van der Waals surface area contributed by atoms with Crippen LogP contribution in [0.3, 0.4) is 0 Å². The molecule has 9 heavy (non-hydrogen) atoms. The molecule has 1 saturated heterocycles. The number of terminal acetylenes is 1. The van der Waals surface area contributed by atoms with Crippen molar-refractivity contribution >= 4 is 7.92 Å². The summed E-state index contributed by atoms with van der Waals surface area (Å²) in [6, 6.07) is 0. The Hall–Kier alpha value is -0.0100. The standard InChI is InChI=1S/C8H13P/c1-3-8-5-4-6-9(2)7-8/h1,8H,4-7H2,2H3. The molecule has 0 spiro atoms. The molecule has 0 amide bonds. The fourth-order valence-electron chi connectivity index (χ4n) is 1.30. The zero-order chi connectivity index (χ0) is 6.69. The highest BCUT2D eigenvalue weighted by Gasteiger charge is 2.15. The van der Waals surface area contributed by atoms with Crippen molar-refractivity contribution in [1.82, 2.24) is 0 Å². The molecule has 0 bridgehead atoms. The average Bonchev–Trinajstić information content (AvgIpc) is 1.88. The highest BCUT2D eigenvalue weighted by molar-refractivity contribution is 7.56. The van der Waals surface area contributed by atoms with Crippen molar-refractivity contribution in [3.05, 3.63) is 0 Å². The highest BCUT2D eigenvalue weighted by atomic mass is 31.1. The third-order valence-corrected chi connectivity index (χ3v) is 4.00. The van der Waals surface area contributed by atoms with E-state index in [2.05, 4.69) is 12.6 Å². The van der Waals surface area contributed by atoms with Gasteiger partial charge in [0.25, 0.3) is 0 Å². The minimum absolute atomic E-state index is 0.321. The van der Waals surface area contributed by atoms with Gasteiger partial charge < -0.3 is 0 Å². The maximum absolute atomic E-state index is 5.33. The van der Waals surface area contributed by atoms with Gasteiger partial charge in [-0.15, -0.1) is 20.3 Å². The van der Waals surface area contributed by atoms with E-state index >= 15 is 0 Å². The Labute approximate surface area is 58.8 Å². The minimum atomic E-state index is 0.321. The lowest BCUT2D eigenvalue weighted by Gasteiger charge is -2.22. The maximum Gasteiger partial charge on any atom is 0.0239 e. The van der Waals surface area contributed by atoms with E-state index in [9.17, 15) is 0 Å². The summed E-state index contributed by atoms with van der Waals surface area (Å²) in [5.74, 6) is 3.47. The van der Waals surface area contributed by atoms with Crippen molar-refractivity contribution in [2.75, 3.05) is 19.0 Å². The van der Waals surface area contributed by atoms with Crippen molar-refractivity contribution in [2.45, 2.75) is 12.8 Å². The molecular weight excluding hydrogens is 127 g/mol. The van der Waals surface area contributed by atoms with Gasteiger partial charge in [0.05, 0.1) is 0 Å². The Morgan fingerprint density at radius 1 is 1.67 bits per heavy atom. The Morgan fingerprint density at radius 3 is 2.89 bits per heavy atom. The summed E-state index contributed by atoms with van der Waals surface area (Å²) in [6.45, 7) is 2.36. The monoisotopic (exact) mass is 140 g/mol. The van der Waals surface area contributed by atoms with Crippen LogP contribution in [0, 0.1) is 18.3 Å². The van der Waals surface area contributed by atoms with Crippen LogP contribution in [0.15, 0.2) is 0 Å². The fraction of sp³-hybridized carbons (Fsp3) is 0.750. The fourth-order valence-corrected chi connectivity index (χ4v) is 3.25. The Kier molecular flexibility index (Phi) is 2.55. The first-order valence-corrected chi connectivity index (χ1v) is 5.63. The molecule has 1 aliphatic rings. The van der Waals surface area contributed by atoms with Crippen molar-refractivity contribution in [3.8, 4) is 12.3 Å². The molecule has 2 atom stereocenters. The van der Waals surface area contributed by atoms with Crippen LogP contribution in [0.5, 0.6) is 0 Å². The van der Waals surface area contributed by atoms with Crippen molar-refractivity contribution in [1.29, 1.82) is 0 Å². The van der Waals surface area contributed by atoms with E-state index in [1.54, 1.807) is 0 Å². The molecule has 0 radical (unpaired) electrons. The van der Waals surface area contributed by atoms with E-state index in [-0.39, 0.29) is 0 Å². The van der Waals surface area contributed by atoms with Crippen LogP contribution in [-0.2, 0) is 0 Å². The van der Waals surface area contributed by atoms with Crippen LogP contribution < -0.4 is 0 Å². The summed E-state index contributed by atoms with van der Waals surface area (Å²) in [4.78, 5) is 0. The first kappa shape index (κ1) is 7.10. The summed E-state index contributed by atoms with van der Waals surface area (Å²) < 4.78 is 0. The molecule has 0 saturated carbocycles.